The van der Waals surface area contributed by atoms with Crippen LogP contribution in [0.2, 0.25) is 18.1 Å². The van der Waals surface area contributed by atoms with Gasteiger partial charge in [0.15, 0.2) is 8.32 Å². The summed E-state index contributed by atoms with van der Waals surface area (Å²) in [5, 5.41) is 4.12. The largest absolute Gasteiger partial charge is 0.411 e. The first-order valence-electron chi connectivity index (χ1n) is 7.96. The Balaban J connectivity index is 2.98. The number of hydrogen-bond donors (Lipinski definition) is 0. The lowest BCUT2D eigenvalue weighted by atomic mass is 9.90. The zero-order valence-electron chi connectivity index (χ0n) is 14.6. The molecule has 0 radical (unpaired) electrons. The summed E-state index contributed by atoms with van der Waals surface area (Å²) in [6.45, 7) is 15.2. The molecule has 0 unspecified atom stereocenters. The summed E-state index contributed by atoms with van der Waals surface area (Å²) < 4.78 is 12.6. The second kappa shape index (κ2) is 7.14. The van der Waals surface area contributed by atoms with Crippen molar-refractivity contribution in [1.82, 2.24) is 0 Å². The van der Waals surface area contributed by atoms with Gasteiger partial charge >= 0.3 is 0 Å². The molecule has 1 fully saturated rings. The highest BCUT2D eigenvalue weighted by atomic mass is 28.4. The van der Waals surface area contributed by atoms with Crippen molar-refractivity contribution in [3.8, 4) is 0 Å². The molecule has 1 aliphatic carbocycles. The van der Waals surface area contributed by atoms with E-state index >= 15 is 0 Å². The first-order valence-corrected chi connectivity index (χ1v) is 10.9. The van der Waals surface area contributed by atoms with Gasteiger partial charge in [-0.2, -0.15) is 0 Å². The molecule has 0 saturated heterocycles. The molecular formula is C15H31N3O2Si. The van der Waals surface area contributed by atoms with E-state index in [0.29, 0.717) is 0 Å². The van der Waals surface area contributed by atoms with Crippen LogP contribution in [-0.4, -0.2) is 32.7 Å². The third-order valence-electron chi connectivity index (χ3n) is 4.62. The average Bonchev–Trinajstić information content (AvgIpc) is 2.31. The summed E-state index contributed by atoms with van der Waals surface area (Å²) in [5.41, 5.74) is 8.84. The van der Waals surface area contributed by atoms with Crippen LogP contribution in [-0.2, 0) is 9.16 Å². The minimum Gasteiger partial charge on any atom is -0.411 e. The highest BCUT2D eigenvalue weighted by molar-refractivity contribution is 6.74. The molecule has 5 nitrogen and oxygen atoms in total. The van der Waals surface area contributed by atoms with E-state index in [2.05, 4.69) is 43.9 Å². The minimum absolute atomic E-state index is 0.0309. The monoisotopic (exact) mass is 313 g/mol. The first kappa shape index (κ1) is 18.5. The van der Waals surface area contributed by atoms with Gasteiger partial charge in [-0.25, -0.2) is 0 Å². The third-order valence-corrected chi connectivity index (χ3v) is 9.09. The zero-order valence-corrected chi connectivity index (χ0v) is 15.6. The first-order chi connectivity index (χ1) is 9.58. The van der Waals surface area contributed by atoms with Crippen LogP contribution in [0.25, 0.3) is 10.4 Å². The van der Waals surface area contributed by atoms with E-state index in [4.69, 9.17) is 14.7 Å². The van der Waals surface area contributed by atoms with Crippen LogP contribution in [0.3, 0.4) is 0 Å². The fourth-order valence-electron chi connectivity index (χ4n) is 2.46. The van der Waals surface area contributed by atoms with Crippen molar-refractivity contribution in [3.63, 3.8) is 0 Å². The standard InChI is InChI=1S/C15H31N3O2Si/c1-11(2)19-13-10-8-9-12(17-18-16)14(13)20-21(6,7)15(3,4)5/h11-14H,8-10H2,1-7H3/t12-,13+,14+/m0/s1. The summed E-state index contributed by atoms with van der Waals surface area (Å²) >= 11 is 0. The van der Waals surface area contributed by atoms with Crippen molar-refractivity contribution >= 4 is 8.32 Å². The summed E-state index contributed by atoms with van der Waals surface area (Å²) in [6, 6.07) is -0.110. The predicted octanol–water partition coefficient (Wildman–Crippen LogP) is 5.03. The number of ether oxygens (including phenoxy) is 1. The van der Waals surface area contributed by atoms with E-state index in [9.17, 15) is 0 Å². The molecular weight excluding hydrogens is 282 g/mol. The van der Waals surface area contributed by atoms with E-state index in [0.717, 1.165) is 19.3 Å². The Morgan fingerprint density at radius 3 is 2.33 bits per heavy atom. The van der Waals surface area contributed by atoms with Crippen LogP contribution in [0.4, 0.5) is 0 Å². The topological polar surface area (TPSA) is 67.2 Å². The van der Waals surface area contributed by atoms with Gasteiger partial charge < -0.3 is 9.16 Å². The molecule has 0 aromatic rings. The van der Waals surface area contributed by atoms with Crippen LogP contribution in [0.1, 0.15) is 53.9 Å². The Kier molecular flexibility index (Phi) is 6.29. The van der Waals surface area contributed by atoms with Crippen molar-refractivity contribution in [2.45, 2.75) is 96.4 Å². The van der Waals surface area contributed by atoms with Crippen LogP contribution in [0, 0.1) is 0 Å². The van der Waals surface area contributed by atoms with Gasteiger partial charge in [-0.05, 0) is 50.4 Å². The highest BCUT2D eigenvalue weighted by Crippen LogP contribution is 2.40. The maximum absolute atomic E-state index is 8.84. The molecule has 0 aliphatic heterocycles. The summed E-state index contributed by atoms with van der Waals surface area (Å²) in [4.78, 5) is 3.02. The SMILES string of the molecule is CC(C)O[C@@H]1CCC[C@H](N=[N+]=[N-])[C@H]1O[Si](C)(C)C(C)(C)C. The van der Waals surface area contributed by atoms with Gasteiger partial charge in [-0.3, -0.25) is 0 Å². The van der Waals surface area contributed by atoms with Gasteiger partial charge in [0.25, 0.3) is 0 Å². The minimum atomic E-state index is -1.92. The van der Waals surface area contributed by atoms with Crippen molar-refractivity contribution in [2.24, 2.45) is 5.11 Å². The lowest BCUT2D eigenvalue weighted by Gasteiger charge is -2.45. The fourth-order valence-corrected chi connectivity index (χ4v) is 3.80. The summed E-state index contributed by atoms with van der Waals surface area (Å²) in [5.74, 6) is 0. The Hall–Kier alpha value is -0.553. The molecule has 0 aromatic carbocycles. The molecule has 1 rings (SSSR count). The van der Waals surface area contributed by atoms with Gasteiger partial charge in [-0.1, -0.05) is 32.3 Å². The highest BCUT2D eigenvalue weighted by Gasteiger charge is 2.44. The zero-order chi connectivity index (χ0) is 16.3. The van der Waals surface area contributed by atoms with Crippen LogP contribution < -0.4 is 0 Å². The predicted molar refractivity (Wildman–Crippen MR) is 88.9 cm³/mol. The Morgan fingerprint density at radius 1 is 1.24 bits per heavy atom. The molecule has 0 N–H and O–H groups in total. The average molecular weight is 314 g/mol. The second-order valence-corrected chi connectivity index (χ2v) is 12.5. The normalized spacial score (nSPS) is 27.5. The van der Waals surface area contributed by atoms with E-state index < -0.39 is 8.32 Å². The lowest BCUT2D eigenvalue weighted by molar-refractivity contribution is -0.0842. The van der Waals surface area contributed by atoms with Crippen molar-refractivity contribution in [2.75, 3.05) is 0 Å². The van der Waals surface area contributed by atoms with Gasteiger partial charge in [0, 0.05) is 4.91 Å². The summed E-state index contributed by atoms with van der Waals surface area (Å²) in [7, 11) is -1.92. The maximum atomic E-state index is 8.84. The molecule has 0 bridgehead atoms. The van der Waals surface area contributed by atoms with Crippen LogP contribution >= 0.6 is 0 Å². The molecule has 3 atom stereocenters. The quantitative estimate of drug-likeness (QED) is 0.309. The molecule has 1 aliphatic rings. The second-order valence-electron chi connectivity index (χ2n) is 7.77. The van der Waals surface area contributed by atoms with E-state index in [1.807, 2.05) is 13.8 Å². The number of rotatable bonds is 5. The van der Waals surface area contributed by atoms with Crippen LogP contribution in [0.15, 0.2) is 5.11 Å². The molecule has 1 saturated carbocycles. The van der Waals surface area contributed by atoms with E-state index in [-0.39, 0.29) is 29.4 Å². The number of hydrogen-bond acceptors (Lipinski definition) is 3. The molecule has 0 amide bonds. The smallest absolute Gasteiger partial charge is 0.192 e. The van der Waals surface area contributed by atoms with Gasteiger partial charge in [0.1, 0.15) is 0 Å². The Bertz CT molecular complexity index is 387. The van der Waals surface area contributed by atoms with Crippen molar-refractivity contribution in [3.05, 3.63) is 10.4 Å². The third kappa shape index (κ3) is 4.99. The molecule has 6 heteroatoms. The molecule has 122 valence electrons. The van der Waals surface area contributed by atoms with Crippen molar-refractivity contribution < 1.29 is 9.16 Å². The maximum Gasteiger partial charge on any atom is 0.192 e. The fraction of sp³-hybridized carbons (Fsp3) is 1.00. The number of nitrogens with zero attached hydrogens (tertiary/aromatic N) is 3. The van der Waals surface area contributed by atoms with Gasteiger partial charge in [-0.15, -0.1) is 0 Å². The van der Waals surface area contributed by atoms with E-state index in [1.165, 1.54) is 0 Å². The molecule has 0 aromatic heterocycles. The summed E-state index contributed by atoms with van der Waals surface area (Å²) in [6.07, 6.45) is 2.97. The van der Waals surface area contributed by atoms with Gasteiger partial charge in [0.05, 0.1) is 24.4 Å². The Morgan fingerprint density at radius 2 is 1.86 bits per heavy atom. The Labute approximate surface area is 130 Å². The van der Waals surface area contributed by atoms with E-state index in [1.54, 1.807) is 0 Å². The molecule has 0 spiro atoms. The molecule has 0 heterocycles. The molecule has 21 heavy (non-hydrogen) atoms. The van der Waals surface area contributed by atoms with Crippen LogP contribution in [0.5, 0.6) is 0 Å². The van der Waals surface area contributed by atoms with Gasteiger partial charge in [0.2, 0.25) is 0 Å². The van der Waals surface area contributed by atoms with Crippen molar-refractivity contribution in [1.29, 1.82) is 0 Å². The number of azide groups is 1. The lowest BCUT2D eigenvalue weighted by Crippen LogP contribution is -2.53.